The highest BCUT2D eigenvalue weighted by molar-refractivity contribution is 8.00. The number of amides is 1. The Labute approximate surface area is 195 Å². The van der Waals surface area contributed by atoms with Crippen LogP contribution in [0.1, 0.15) is 39.0 Å². The lowest BCUT2D eigenvalue weighted by Gasteiger charge is -2.17. The van der Waals surface area contributed by atoms with Crippen molar-refractivity contribution in [2.45, 2.75) is 29.3 Å². The molecule has 172 valence electrons. The number of alkyl halides is 3. The number of nitrogens with zero attached hydrogens (tertiary/aromatic N) is 1. The lowest BCUT2D eigenvalue weighted by atomic mass is 10.0. The molecule has 2 heterocycles. The van der Waals surface area contributed by atoms with Gasteiger partial charge in [0.05, 0.1) is 11.7 Å². The van der Waals surface area contributed by atoms with Gasteiger partial charge in [0.2, 0.25) is 0 Å². The summed E-state index contributed by atoms with van der Waals surface area (Å²) in [6.07, 6.45) is -6.15. The molecule has 2 aromatic heterocycles. The van der Waals surface area contributed by atoms with Crippen LogP contribution in [-0.2, 0) is 11.9 Å². The van der Waals surface area contributed by atoms with Crippen molar-refractivity contribution in [1.29, 1.82) is 0 Å². The molecule has 0 spiro atoms. The predicted molar refractivity (Wildman–Crippen MR) is 121 cm³/mol. The van der Waals surface area contributed by atoms with E-state index in [-0.39, 0.29) is 11.3 Å². The summed E-state index contributed by atoms with van der Waals surface area (Å²) in [6, 6.07) is 11.9. The highest BCUT2D eigenvalue weighted by Crippen LogP contribution is 2.35. The molecule has 0 radical (unpaired) electrons. The van der Waals surface area contributed by atoms with Gasteiger partial charge in [-0.3, -0.25) is 4.79 Å². The fourth-order valence-corrected chi connectivity index (χ4v) is 5.26. The maximum absolute atomic E-state index is 13.2. The molecular formula is C23H19F3N2O3S2. The van der Waals surface area contributed by atoms with Crippen molar-refractivity contribution in [2.24, 2.45) is 0 Å². The van der Waals surface area contributed by atoms with Gasteiger partial charge in [-0.1, -0.05) is 48.2 Å². The number of thiazole rings is 1. The van der Waals surface area contributed by atoms with Crippen LogP contribution >= 0.6 is 23.1 Å². The first-order chi connectivity index (χ1) is 15.7. The van der Waals surface area contributed by atoms with Crippen molar-refractivity contribution >= 4 is 40.0 Å². The van der Waals surface area contributed by atoms with Gasteiger partial charge >= 0.3 is 6.18 Å². The van der Waals surface area contributed by atoms with Crippen molar-refractivity contribution in [2.75, 3.05) is 6.54 Å². The standard InChI is InChI=1S/C23H19F3N2O3S2/c1-13-11-32-22(28-13)33-12-16-14-6-3-5-9-19(14)31-20(16)21(30)27-10-18(29)15-7-2-4-8-17(15)23(24,25)26/h2-9,11,18,29H,10,12H2,1H3,(H,27,30). The number of aryl methyl sites for hydroxylation is 1. The number of furan rings is 1. The monoisotopic (exact) mass is 492 g/mol. The summed E-state index contributed by atoms with van der Waals surface area (Å²) in [4.78, 5) is 17.3. The second-order valence-electron chi connectivity index (χ2n) is 7.26. The van der Waals surface area contributed by atoms with Crippen LogP contribution in [0.3, 0.4) is 0 Å². The second-order valence-corrected chi connectivity index (χ2v) is 9.34. The van der Waals surface area contributed by atoms with Gasteiger partial charge in [-0.05, 0) is 24.6 Å². The smallest absolute Gasteiger partial charge is 0.416 e. The third kappa shape index (κ3) is 5.23. The number of hydrogen-bond donors (Lipinski definition) is 2. The largest absolute Gasteiger partial charge is 0.451 e. The van der Waals surface area contributed by atoms with Crippen molar-refractivity contribution < 1.29 is 27.5 Å². The average Bonchev–Trinajstić information content (AvgIpc) is 3.38. The summed E-state index contributed by atoms with van der Waals surface area (Å²) in [6.45, 7) is 1.50. The Bertz CT molecular complexity index is 1280. The van der Waals surface area contributed by atoms with Gasteiger partial charge in [0.1, 0.15) is 9.92 Å². The minimum atomic E-state index is -4.61. The van der Waals surface area contributed by atoms with Gasteiger partial charge < -0.3 is 14.8 Å². The Morgan fingerprint density at radius 2 is 1.94 bits per heavy atom. The SMILES string of the molecule is Cc1csc(SCc2c(C(=O)NCC(O)c3ccccc3C(F)(F)F)oc3ccccc23)n1. The minimum absolute atomic E-state index is 0.0632. The normalized spacial score (nSPS) is 12.8. The van der Waals surface area contributed by atoms with Crippen LogP contribution in [0, 0.1) is 6.92 Å². The van der Waals surface area contributed by atoms with Crippen LogP contribution in [0.15, 0.2) is 62.7 Å². The molecule has 0 fully saturated rings. The summed E-state index contributed by atoms with van der Waals surface area (Å²) in [5.74, 6) is -0.124. The maximum atomic E-state index is 13.2. The first-order valence-corrected chi connectivity index (χ1v) is 11.8. The fraction of sp³-hybridized carbons (Fsp3) is 0.217. The minimum Gasteiger partial charge on any atom is -0.451 e. The maximum Gasteiger partial charge on any atom is 0.416 e. The van der Waals surface area contributed by atoms with Crippen molar-refractivity contribution in [3.05, 3.63) is 82.1 Å². The fourth-order valence-electron chi connectivity index (χ4n) is 3.38. The lowest BCUT2D eigenvalue weighted by molar-refractivity contribution is -0.139. The van der Waals surface area contributed by atoms with E-state index in [1.807, 2.05) is 24.4 Å². The molecule has 0 aliphatic rings. The molecule has 1 atom stereocenters. The van der Waals surface area contributed by atoms with E-state index in [2.05, 4.69) is 10.3 Å². The molecule has 10 heteroatoms. The van der Waals surface area contributed by atoms with Gasteiger partial charge in [0.25, 0.3) is 5.91 Å². The second kappa shape index (κ2) is 9.58. The molecule has 4 rings (SSSR count). The molecule has 0 aliphatic carbocycles. The van der Waals surface area contributed by atoms with Gasteiger partial charge in [0, 0.05) is 34.3 Å². The third-order valence-corrected chi connectivity index (χ3v) is 7.09. The van der Waals surface area contributed by atoms with Crippen LogP contribution in [-0.4, -0.2) is 22.5 Å². The Kier molecular flexibility index (Phi) is 6.78. The number of carbonyl (C=O) groups is 1. The van der Waals surface area contributed by atoms with Gasteiger partial charge in [-0.25, -0.2) is 4.98 Å². The number of nitrogens with one attached hydrogen (secondary N) is 1. The molecule has 33 heavy (non-hydrogen) atoms. The predicted octanol–water partition coefficient (Wildman–Crippen LogP) is 5.97. The number of aromatic nitrogens is 1. The van der Waals surface area contributed by atoms with Crippen molar-refractivity contribution in [3.63, 3.8) is 0 Å². The molecule has 1 amide bonds. The number of carbonyl (C=O) groups excluding carboxylic acids is 1. The molecule has 0 saturated heterocycles. The third-order valence-electron chi connectivity index (χ3n) is 4.92. The number of para-hydroxylation sites is 1. The highest BCUT2D eigenvalue weighted by Gasteiger charge is 2.34. The topological polar surface area (TPSA) is 75.4 Å². The molecule has 0 bridgehead atoms. The Hall–Kier alpha value is -2.82. The molecular weight excluding hydrogens is 473 g/mol. The van der Waals surface area contributed by atoms with E-state index in [0.717, 1.165) is 21.5 Å². The number of fused-ring (bicyclic) bond motifs is 1. The molecule has 1 unspecified atom stereocenters. The average molecular weight is 493 g/mol. The summed E-state index contributed by atoms with van der Waals surface area (Å²) >= 11 is 2.97. The van der Waals surface area contributed by atoms with E-state index in [9.17, 15) is 23.1 Å². The summed E-state index contributed by atoms with van der Waals surface area (Å²) in [7, 11) is 0. The zero-order chi connectivity index (χ0) is 23.6. The van der Waals surface area contributed by atoms with E-state index in [0.29, 0.717) is 16.9 Å². The van der Waals surface area contributed by atoms with Crippen LogP contribution in [0.4, 0.5) is 13.2 Å². The number of thioether (sulfide) groups is 1. The number of benzene rings is 2. The first kappa shape index (κ1) is 23.3. The summed E-state index contributed by atoms with van der Waals surface area (Å²) in [5, 5.41) is 15.6. The quantitative estimate of drug-likeness (QED) is 0.311. The highest BCUT2D eigenvalue weighted by atomic mass is 32.2. The number of hydrogen-bond acceptors (Lipinski definition) is 6. The van der Waals surface area contributed by atoms with Gasteiger partial charge in [0.15, 0.2) is 5.76 Å². The number of aliphatic hydroxyl groups excluding tert-OH is 1. The Morgan fingerprint density at radius 1 is 1.21 bits per heavy atom. The zero-order valence-corrected chi connectivity index (χ0v) is 19.0. The molecule has 2 aromatic carbocycles. The van der Waals surface area contributed by atoms with Crippen LogP contribution in [0.2, 0.25) is 0 Å². The number of aliphatic hydroxyl groups is 1. The number of halogens is 3. The van der Waals surface area contributed by atoms with Crippen LogP contribution < -0.4 is 5.32 Å². The summed E-state index contributed by atoms with van der Waals surface area (Å²) < 4.78 is 46.4. The van der Waals surface area contributed by atoms with Crippen LogP contribution in [0.25, 0.3) is 11.0 Å². The van der Waals surface area contributed by atoms with Crippen molar-refractivity contribution in [3.8, 4) is 0 Å². The molecule has 0 saturated carbocycles. The van der Waals surface area contributed by atoms with E-state index in [1.54, 1.807) is 12.1 Å². The van der Waals surface area contributed by atoms with Crippen molar-refractivity contribution in [1.82, 2.24) is 10.3 Å². The van der Waals surface area contributed by atoms with E-state index in [4.69, 9.17) is 4.42 Å². The van der Waals surface area contributed by atoms with Crippen LogP contribution in [0.5, 0.6) is 0 Å². The molecule has 2 N–H and O–H groups in total. The molecule has 5 nitrogen and oxygen atoms in total. The number of rotatable bonds is 7. The van der Waals surface area contributed by atoms with Gasteiger partial charge in [-0.15, -0.1) is 11.3 Å². The van der Waals surface area contributed by atoms with E-state index < -0.39 is 30.3 Å². The summed E-state index contributed by atoms with van der Waals surface area (Å²) in [5.41, 5.74) is 0.851. The van der Waals surface area contributed by atoms with E-state index >= 15 is 0 Å². The molecule has 0 aliphatic heterocycles. The zero-order valence-electron chi connectivity index (χ0n) is 17.3. The Balaban J connectivity index is 1.54. The van der Waals surface area contributed by atoms with Gasteiger partial charge in [-0.2, -0.15) is 13.2 Å². The lowest BCUT2D eigenvalue weighted by Crippen LogP contribution is -2.29. The van der Waals surface area contributed by atoms with E-state index in [1.165, 1.54) is 41.3 Å². The molecule has 4 aromatic rings. The Morgan fingerprint density at radius 3 is 2.67 bits per heavy atom. The first-order valence-electron chi connectivity index (χ1n) is 9.91.